The van der Waals surface area contributed by atoms with Crippen LogP contribution in [0.4, 0.5) is 5.69 Å². The summed E-state index contributed by atoms with van der Waals surface area (Å²) in [4.78, 5) is 14.5. The first-order chi connectivity index (χ1) is 10.6. The summed E-state index contributed by atoms with van der Waals surface area (Å²) in [5.74, 6) is 2.48. The van der Waals surface area contributed by atoms with Crippen molar-refractivity contribution in [2.45, 2.75) is 39.3 Å². The molecule has 1 aliphatic heterocycles. The van der Waals surface area contributed by atoms with Crippen LogP contribution in [-0.2, 0) is 11.3 Å². The first-order valence-corrected chi connectivity index (χ1v) is 9.15. The normalized spacial score (nSPS) is 17.2. The zero-order valence-corrected chi connectivity index (χ0v) is 14.4. The molecule has 3 N–H and O–H groups in total. The second-order valence-corrected chi connectivity index (χ2v) is 7.27. The monoisotopic (exact) mass is 321 g/mol. The number of hydrogen-bond acceptors (Lipinski definition) is 4. The largest absolute Gasteiger partial charge is 0.328 e. The molecule has 1 amide bonds. The maximum atomic E-state index is 12.0. The fourth-order valence-corrected chi connectivity index (χ4v) is 3.54. The fourth-order valence-electron chi connectivity index (χ4n) is 2.56. The number of benzene rings is 1. The predicted molar refractivity (Wildman–Crippen MR) is 95.3 cm³/mol. The van der Waals surface area contributed by atoms with Crippen molar-refractivity contribution in [1.29, 1.82) is 0 Å². The molecule has 0 aromatic heterocycles. The maximum Gasteiger partial charge on any atom is 0.224 e. The van der Waals surface area contributed by atoms with Crippen LogP contribution in [0.2, 0.25) is 0 Å². The number of carbonyl (C=O) groups excluding carboxylic acids is 1. The summed E-state index contributed by atoms with van der Waals surface area (Å²) >= 11 is 2.02. The minimum Gasteiger partial charge on any atom is -0.328 e. The third kappa shape index (κ3) is 5.30. The van der Waals surface area contributed by atoms with Gasteiger partial charge in [-0.25, -0.2) is 0 Å². The second kappa shape index (κ2) is 8.56. The molecule has 1 fully saturated rings. The molecule has 4 nitrogen and oxygen atoms in total. The lowest BCUT2D eigenvalue weighted by Crippen LogP contribution is -2.32. The summed E-state index contributed by atoms with van der Waals surface area (Å²) in [7, 11) is 0. The van der Waals surface area contributed by atoms with Crippen LogP contribution in [0, 0.1) is 6.92 Å². The molecule has 1 unspecified atom stereocenters. The number of nitrogens with zero attached hydrogens (tertiary/aromatic N) is 1. The highest BCUT2D eigenvalue weighted by Crippen LogP contribution is 2.22. The Morgan fingerprint density at radius 2 is 2.14 bits per heavy atom. The highest BCUT2D eigenvalue weighted by molar-refractivity contribution is 7.99. The summed E-state index contributed by atoms with van der Waals surface area (Å²) in [5, 5.41) is 3.03. The number of nitrogens with two attached hydrogens (primary N) is 1. The Kier molecular flexibility index (Phi) is 6.73. The Morgan fingerprint density at radius 3 is 2.82 bits per heavy atom. The van der Waals surface area contributed by atoms with E-state index in [1.165, 1.54) is 22.6 Å². The van der Waals surface area contributed by atoms with Crippen molar-refractivity contribution in [2.24, 2.45) is 5.73 Å². The minimum atomic E-state index is 0.0481. The van der Waals surface area contributed by atoms with Crippen LogP contribution in [0.1, 0.15) is 30.9 Å². The summed E-state index contributed by atoms with van der Waals surface area (Å²) in [6.07, 6.45) is 1.20. The Bertz CT molecular complexity index is 499. The van der Waals surface area contributed by atoms with Gasteiger partial charge in [0.05, 0.1) is 0 Å². The van der Waals surface area contributed by atoms with Crippen LogP contribution in [0.15, 0.2) is 18.2 Å². The molecule has 0 spiro atoms. The lowest BCUT2D eigenvalue weighted by molar-refractivity contribution is -0.116. The lowest BCUT2D eigenvalue weighted by Gasteiger charge is -2.27. The molecule has 1 aromatic rings. The Labute approximate surface area is 137 Å². The molecular formula is C17H27N3OS. The van der Waals surface area contributed by atoms with E-state index in [4.69, 9.17) is 5.73 Å². The van der Waals surface area contributed by atoms with Gasteiger partial charge in [0.2, 0.25) is 5.91 Å². The van der Waals surface area contributed by atoms with Crippen molar-refractivity contribution in [3.05, 3.63) is 29.3 Å². The van der Waals surface area contributed by atoms with Gasteiger partial charge in [-0.1, -0.05) is 12.1 Å². The molecule has 22 heavy (non-hydrogen) atoms. The molecule has 1 aromatic carbocycles. The zero-order chi connectivity index (χ0) is 15.9. The molecule has 1 aliphatic rings. The Hall–Kier alpha value is -1.04. The zero-order valence-electron chi connectivity index (χ0n) is 13.6. The Morgan fingerprint density at radius 1 is 1.41 bits per heavy atom. The number of thioether (sulfide) groups is 1. The van der Waals surface area contributed by atoms with E-state index in [2.05, 4.69) is 23.2 Å². The second-order valence-electron chi connectivity index (χ2n) is 6.04. The van der Waals surface area contributed by atoms with Gasteiger partial charge in [0.1, 0.15) is 0 Å². The summed E-state index contributed by atoms with van der Waals surface area (Å²) in [5.41, 5.74) is 9.11. The minimum absolute atomic E-state index is 0.0481. The van der Waals surface area contributed by atoms with Gasteiger partial charge in [-0.05, 0) is 37.5 Å². The van der Waals surface area contributed by atoms with Gasteiger partial charge < -0.3 is 11.1 Å². The smallest absolute Gasteiger partial charge is 0.224 e. The highest BCUT2D eigenvalue weighted by atomic mass is 32.2. The first kappa shape index (κ1) is 17.3. The molecule has 0 bridgehead atoms. The predicted octanol–water partition coefficient (Wildman–Crippen LogP) is 2.61. The van der Waals surface area contributed by atoms with E-state index in [1.54, 1.807) is 0 Å². The van der Waals surface area contributed by atoms with Crippen molar-refractivity contribution in [3.8, 4) is 0 Å². The highest BCUT2D eigenvalue weighted by Gasteiger charge is 2.14. The third-order valence-electron chi connectivity index (χ3n) is 4.04. The molecule has 2 rings (SSSR count). The van der Waals surface area contributed by atoms with Crippen LogP contribution in [0.25, 0.3) is 0 Å². The Balaban J connectivity index is 1.97. The van der Waals surface area contributed by atoms with E-state index in [0.717, 1.165) is 31.7 Å². The third-order valence-corrected chi connectivity index (χ3v) is 4.99. The van der Waals surface area contributed by atoms with E-state index in [9.17, 15) is 4.79 Å². The van der Waals surface area contributed by atoms with E-state index >= 15 is 0 Å². The van der Waals surface area contributed by atoms with E-state index in [0.29, 0.717) is 6.42 Å². The molecule has 0 saturated carbocycles. The van der Waals surface area contributed by atoms with Gasteiger partial charge in [-0.15, -0.1) is 0 Å². The molecule has 1 saturated heterocycles. The van der Waals surface area contributed by atoms with Crippen LogP contribution < -0.4 is 11.1 Å². The average Bonchev–Trinajstić information content (AvgIpc) is 2.50. The standard InChI is InChI=1S/C17H27N3OS/c1-13(18)6-7-17(21)19-16-5-3-4-15(14(16)2)12-20-8-10-22-11-9-20/h3-5,13H,6-12,18H2,1-2H3,(H,19,21). The van der Waals surface area contributed by atoms with Gasteiger partial charge in [0.25, 0.3) is 0 Å². The maximum absolute atomic E-state index is 12.0. The van der Waals surface area contributed by atoms with Gasteiger partial charge in [-0.2, -0.15) is 11.8 Å². The molecular weight excluding hydrogens is 294 g/mol. The number of amides is 1. The van der Waals surface area contributed by atoms with Gasteiger partial charge in [-0.3, -0.25) is 9.69 Å². The summed E-state index contributed by atoms with van der Waals surface area (Å²) in [6, 6.07) is 6.24. The topological polar surface area (TPSA) is 58.4 Å². The number of nitrogens with one attached hydrogen (secondary N) is 1. The van der Waals surface area contributed by atoms with Crippen LogP contribution in [0.3, 0.4) is 0 Å². The van der Waals surface area contributed by atoms with E-state index in [1.807, 2.05) is 30.8 Å². The van der Waals surface area contributed by atoms with E-state index in [-0.39, 0.29) is 11.9 Å². The van der Waals surface area contributed by atoms with Gasteiger partial charge >= 0.3 is 0 Å². The van der Waals surface area contributed by atoms with Crippen LogP contribution >= 0.6 is 11.8 Å². The van der Waals surface area contributed by atoms with Crippen LogP contribution in [-0.4, -0.2) is 41.4 Å². The van der Waals surface area contributed by atoms with Gasteiger partial charge in [0, 0.05) is 49.3 Å². The van der Waals surface area contributed by atoms with Crippen molar-refractivity contribution in [1.82, 2.24) is 4.90 Å². The molecule has 5 heteroatoms. The number of rotatable bonds is 6. The number of anilines is 1. The summed E-state index contributed by atoms with van der Waals surface area (Å²) in [6.45, 7) is 7.28. The molecule has 1 heterocycles. The SMILES string of the molecule is Cc1c(CN2CCSCC2)cccc1NC(=O)CCC(C)N. The number of carbonyl (C=O) groups is 1. The molecule has 0 radical (unpaired) electrons. The van der Waals surface area contributed by atoms with Crippen molar-refractivity contribution < 1.29 is 4.79 Å². The number of hydrogen-bond donors (Lipinski definition) is 2. The van der Waals surface area contributed by atoms with Crippen LogP contribution in [0.5, 0.6) is 0 Å². The quantitative estimate of drug-likeness (QED) is 0.845. The molecule has 122 valence electrons. The van der Waals surface area contributed by atoms with Gasteiger partial charge in [0.15, 0.2) is 0 Å². The fraction of sp³-hybridized carbons (Fsp3) is 0.588. The van der Waals surface area contributed by atoms with Crippen molar-refractivity contribution in [2.75, 3.05) is 29.9 Å². The van der Waals surface area contributed by atoms with E-state index < -0.39 is 0 Å². The molecule has 0 aliphatic carbocycles. The van der Waals surface area contributed by atoms with Crippen molar-refractivity contribution in [3.63, 3.8) is 0 Å². The van der Waals surface area contributed by atoms with Crippen molar-refractivity contribution >= 4 is 23.4 Å². The molecule has 1 atom stereocenters. The average molecular weight is 321 g/mol. The first-order valence-electron chi connectivity index (χ1n) is 8.00. The lowest BCUT2D eigenvalue weighted by atomic mass is 10.1. The summed E-state index contributed by atoms with van der Waals surface area (Å²) < 4.78 is 0.